The van der Waals surface area contributed by atoms with Crippen molar-refractivity contribution in [3.63, 3.8) is 0 Å². The third-order valence-electron chi connectivity index (χ3n) is 3.13. The van der Waals surface area contributed by atoms with Crippen molar-refractivity contribution in [3.8, 4) is 11.5 Å². The van der Waals surface area contributed by atoms with Crippen LogP contribution in [0.3, 0.4) is 0 Å². The van der Waals surface area contributed by atoms with Gasteiger partial charge in [0.15, 0.2) is 11.5 Å². The fraction of sp³-hybridized carbons (Fsp3) is 0.467. The number of alkyl halides is 3. The predicted molar refractivity (Wildman–Crippen MR) is 78.2 cm³/mol. The normalized spacial score (nSPS) is 12.4. The zero-order valence-electron chi connectivity index (χ0n) is 13.0. The molecule has 22 heavy (non-hydrogen) atoms. The molecule has 0 saturated heterocycles. The van der Waals surface area contributed by atoms with Gasteiger partial charge in [0.2, 0.25) is 0 Å². The Morgan fingerprint density at radius 1 is 1.23 bits per heavy atom. The van der Waals surface area contributed by atoms with E-state index in [0.29, 0.717) is 5.69 Å². The van der Waals surface area contributed by atoms with Crippen LogP contribution >= 0.6 is 0 Å². The highest BCUT2D eigenvalue weighted by Gasteiger charge is 2.35. The summed E-state index contributed by atoms with van der Waals surface area (Å²) in [4.78, 5) is 9.99. The lowest BCUT2D eigenvalue weighted by Gasteiger charge is -2.12. The van der Waals surface area contributed by atoms with E-state index in [1.807, 2.05) is 38.9 Å². The molecule has 0 radical (unpaired) electrons. The van der Waals surface area contributed by atoms with Crippen LogP contribution in [0.1, 0.15) is 31.1 Å². The molecule has 0 atom stereocenters. The van der Waals surface area contributed by atoms with E-state index in [2.05, 4.69) is 9.97 Å². The Balaban J connectivity index is 2.40. The topological polar surface area (TPSA) is 34.0 Å². The first-order chi connectivity index (χ1) is 10.2. The quantitative estimate of drug-likeness (QED) is 0.865. The van der Waals surface area contributed by atoms with E-state index < -0.39 is 11.9 Å². The molecule has 0 fully saturated rings. The molecule has 0 unspecified atom stereocenters. The highest BCUT2D eigenvalue weighted by atomic mass is 19.4. The first-order valence-corrected chi connectivity index (χ1v) is 6.94. The van der Waals surface area contributed by atoms with Gasteiger partial charge in [0.1, 0.15) is 5.69 Å². The Morgan fingerprint density at radius 2 is 1.91 bits per heavy atom. The number of imidazole rings is 1. The number of aromatic nitrogens is 3. The summed E-state index contributed by atoms with van der Waals surface area (Å²) < 4.78 is 40.1. The van der Waals surface area contributed by atoms with Gasteiger partial charge in [-0.15, -0.1) is 0 Å². The molecule has 0 aliphatic carbocycles. The SMILES string of the molecule is CC(C)n1cc(C(F)(F)F)nc1-c1ccc(CN(C)C)cn1. The van der Waals surface area contributed by atoms with E-state index in [9.17, 15) is 13.2 Å². The minimum absolute atomic E-state index is 0.137. The van der Waals surface area contributed by atoms with E-state index in [4.69, 9.17) is 0 Å². The summed E-state index contributed by atoms with van der Waals surface area (Å²) in [5, 5.41) is 0. The van der Waals surface area contributed by atoms with Gasteiger partial charge in [0.05, 0.1) is 0 Å². The second kappa shape index (κ2) is 6.08. The van der Waals surface area contributed by atoms with E-state index in [1.165, 1.54) is 4.57 Å². The van der Waals surface area contributed by atoms with Crippen LogP contribution in [0, 0.1) is 0 Å². The molecule has 0 N–H and O–H groups in total. The van der Waals surface area contributed by atoms with Crippen molar-refractivity contribution in [2.45, 2.75) is 32.6 Å². The monoisotopic (exact) mass is 312 g/mol. The van der Waals surface area contributed by atoms with Gasteiger partial charge in [0.25, 0.3) is 0 Å². The lowest BCUT2D eigenvalue weighted by Crippen LogP contribution is -2.11. The molecule has 2 rings (SSSR count). The standard InChI is InChI=1S/C15H19F3N4/c1-10(2)22-9-13(15(16,17)18)20-14(22)12-6-5-11(7-19-12)8-21(3)4/h5-7,9-10H,8H2,1-4H3. The van der Waals surface area contributed by atoms with Crippen LogP contribution < -0.4 is 0 Å². The van der Waals surface area contributed by atoms with Gasteiger partial charge in [-0.25, -0.2) is 4.98 Å². The van der Waals surface area contributed by atoms with Crippen LogP contribution in [0.5, 0.6) is 0 Å². The van der Waals surface area contributed by atoms with Gasteiger partial charge in [-0.1, -0.05) is 6.07 Å². The maximum Gasteiger partial charge on any atom is 0.434 e. The molecule has 0 bridgehead atoms. The number of nitrogens with zero attached hydrogens (tertiary/aromatic N) is 4. The van der Waals surface area contributed by atoms with Crippen LogP contribution in [0.15, 0.2) is 24.5 Å². The Kier molecular flexibility index (Phi) is 4.55. The minimum Gasteiger partial charge on any atom is -0.327 e. The Labute approximate surface area is 127 Å². The number of hydrogen-bond donors (Lipinski definition) is 0. The Morgan fingerprint density at radius 3 is 2.36 bits per heavy atom. The molecule has 0 saturated carbocycles. The van der Waals surface area contributed by atoms with Crippen molar-refractivity contribution in [2.24, 2.45) is 0 Å². The van der Waals surface area contributed by atoms with Crippen LogP contribution in [0.4, 0.5) is 13.2 Å². The van der Waals surface area contributed by atoms with Crippen LogP contribution in [-0.4, -0.2) is 33.5 Å². The Hall–Kier alpha value is -1.89. The maximum atomic E-state index is 12.9. The van der Waals surface area contributed by atoms with Gasteiger partial charge in [-0.3, -0.25) is 4.98 Å². The molecule has 0 aromatic carbocycles. The summed E-state index contributed by atoms with van der Waals surface area (Å²) >= 11 is 0. The zero-order chi connectivity index (χ0) is 16.5. The van der Waals surface area contributed by atoms with Crippen molar-refractivity contribution in [3.05, 3.63) is 35.8 Å². The third kappa shape index (κ3) is 3.65. The van der Waals surface area contributed by atoms with Crippen LogP contribution in [0.25, 0.3) is 11.5 Å². The van der Waals surface area contributed by atoms with Crippen LogP contribution in [-0.2, 0) is 12.7 Å². The summed E-state index contributed by atoms with van der Waals surface area (Å²) in [6.07, 6.45) is -1.75. The average Bonchev–Trinajstić information content (AvgIpc) is 2.84. The number of halogens is 3. The number of hydrogen-bond acceptors (Lipinski definition) is 3. The summed E-state index contributed by atoms with van der Waals surface area (Å²) in [6.45, 7) is 4.34. The van der Waals surface area contributed by atoms with Gasteiger partial charge >= 0.3 is 6.18 Å². The predicted octanol–water partition coefficient (Wildman–Crippen LogP) is 3.61. The van der Waals surface area contributed by atoms with Crippen LogP contribution in [0.2, 0.25) is 0 Å². The summed E-state index contributed by atoms with van der Waals surface area (Å²) in [6, 6.07) is 3.43. The zero-order valence-corrected chi connectivity index (χ0v) is 13.0. The minimum atomic E-state index is -4.46. The fourth-order valence-electron chi connectivity index (χ4n) is 2.13. The summed E-state index contributed by atoms with van der Waals surface area (Å²) in [5.41, 5.74) is 0.537. The molecular formula is C15H19F3N4. The van der Waals surface area contributed by atoms with E-state index in [0.717, 1.165) is 18.3 Å². The molecule has 0 aliphatic rings. The first-order valence-electron chi connectivity index (χ1n) is 6.94. The molecule has 4 nitrogen and oxygen atoms in total. The van der Waals surface area contributed by atoms with Gasteiger partial charge in [-0.2, -0.15) is 13.2 Å². The fourth-order valence-corrected chi connectivity index (χ4v) is 2.13. The molecule has 0 spiro atoms. The van der Waals surface area contributed by atoms with Gasteiger partial charge in [0, 0.05) is 25.0 Å². The average molecular weight is 312 g/mol. The molecule has 2 aromatic rings. The van der Waals surface area contributed by atoms with Crippen molar-refractivity contribution < 1.29 is 13.2 Å². The second-order valence-electron chi connectivity index (χ2n) is 5.74. The van der Waals surface area contributed by atoms with E-state index in [-0.39, 0.29) is 11.9 Å². The van der Waals surface area contributed by atoms with Crippen molar-refractivity contribution in [1.29, 1.82) is 0 Å². The van der Waals surface area contributed by atoms with Crippen molar-refractivity contribution >= 4 is 0 Å². The molecule has 0 aliphatic heterocycles. The number of pyridine rings is 1. The largest absolute Gasteiger partial charge is 0.434 e. The van der Waals surface area contributed by atoms with Crippen molar-refractivity contribution in [1.82, 2.24) is 19.4 Å². The highest BCUT2D eigenvalue weighted by Crippen LogP contribution is 2.32. The summed E-state index contributed by atoms with van der Waals surface area (Å²) in [5.74, 6) is 0.235. The lowest BCUT2D eigenvalue weighted by molar-refractivity contribution is -0.140. The second-order valence-corrected chi connectivity index (χ2v) is 5.74. The number of rotatable bonds is 4. The van der Waals surface area contributed by atoms with E-state index in [1.54, 1.807) is 12.3 Å². The molecule has 2 aromatic heterocycles. The molecule has 120 valence electrons. The molecular weight excluding hydrogens is 293 g/mol. The van der Waals surface area contributed by atoms with Gasteiger partial charge in [-0.05, 0) is 39.6 Å². The van der Waals surface area contributed by atoms with Gasteiger partial charge < -0.3 is 9.47 Å². The summed E-state index contributed by atoms with van der Waals surface area (Å²) in [7, 11) is 3.88. The first kappa shape index (κ1) is 16.5. The molecule has 2 heterocycles. The highest BCUT2D eigenvalue weighted by molar-refractivity contribution is 5.51. The van der Waals surface area contributed by atoms with E-state index >= 15 is 0 Å². The third-order valence-corrected chi connectivity index (χ3v) is 3.13. The smallest absolute Gasteiger partial charge is 0.327 e. The van der Waals surface area contributed by atoms with Crippen molar-refractivity contribution in [2.75, 3.05) is 14.1 Å². The maximum absolute atomic E-state index is 12.9. The molecule has 0 amide bonds. The Bertz CT molecular complexity index is 627. The molecule has 7 heteroatoms. The lowest BCUT2D eigenvalue weighted by atomic mass is 10.2.